The van der Waals surface area contributed by atoms with E-state index in [9.17, 15) is 4.79 Å². The lowest BCUT2D eigenvalue weighted by Crippen LogP contribution is -2.45. The third-order valence-corrected chi connectivity index (χ3v) is 4.55. The number of hydrogen-bond acceptors (Lipinski definition) is 3. The van der Waals surface area contributed by atoms with Gasteiger partial charge in [0.15, 0.2) is 0 Å². The van der Waals surface area contributed by atoms with Crippen LogP contribution in [-0.2, 0) is 11.3 Å². The van der Waals surface area contributed by atoms with Gasteiger partial charge in [-0.15, -0.1) is 0 Å². The Morgan fingerprint density at radius 1 is 1.35 bits per heavy atom. The maximum Gasteiger partial charge on any atom is 0.233 e. The number of carbonyl (C=O) groups is 1. The minimum Gasteiger partial charge on any atom is -0.358 e. The van der Waals surface area contributed by atoms with E-state index in [1.807, 2.05) is 6.07 Å². The van der Waals surface area contributed by atoms with Crippen molar-refractivity contribution < 1.29 is 4.79 Å². The molecule has 0 aliphatic carbocycles. The van der Waals surface area contributed by atoms with Crippen LogP contribution in [0.1, 0.15) is 18.4 Å². The van der Waals surface area contributed by atoms with Crippen molar-refractivity contribution in [3.8, 4) is 0 Å². The zero-order valence-electron chi connectivity index (χ0n) is 11.9. The lowest BCUT2D eigenvalue weighted by atomic mass is 10.0. The maximum absolute atomic E-state index is 11.3. The average Bonchev–Trinajstić information content (AvgIpc) is 2.48. The van der Waals surface area contributed by atoms with Crippen molar-refractivity contribution in [2.75, 3.05) is 26.7 Å². The van der Waals surface area contributed by atoms with Crippen molar-refractivity contribution in [3.05, 3.63) is 34.3 Å². The molecule has 1 heterocycles. The minimum absolute atomic E-state index is 0.102. The smallest absolute Gasteiger partial charge is 0.233 e. The van der Waals surface area contributed by atoms with E-state index < -0.39 is 0 Å². The number of carbonyl (C=O) groups excluding carboxylic acids is 1. The van der Waals surface area contributed by atoms with Gasteiger partial charge < -0.3 is 10.6 Å². The summed E-state index contributed by atoms with van der Waals surface area (Å²) in [5.74, 6) is 0.102. The second kappa shape index (κ2) is 7.76. The molecule has 0 atom stereocenters. The topological polar surface area (TPSA) is 44.4 Å². The zero-order valence-corrected chi connectivity index (χ0v) is 13.4. The Bertz CT molecular complexity index is 444. The SMILES string of the molecule is CNC(=O)CN1CCC(NCc2ccccc2Br)CC1. The lowest BCUT2D eigenvalue weighted by Gasteiger charge is -2.32. The zero-order chi connectivity index (χ0) is 14.4. The fourth-order valence-corrected chi connectivity index (χ4v) is 2.90. The van der Waals surface area contributed by atoms with Crippen molar-refractivity contribution in [2.24, 2.45) is 0 Å². The summed E-state index contributed by atoms with van der Waals surface area (Å²) in [7, 11) is 1.69. The number of benzene rings is 1. The molecule has 0 saturated carbocycles. The molecule has 1 fully saturated rings. The van der Waals surface area contributed by atoms with Crippen LogP contribution in [-0.4, -0.2) is 43.5 Å². The van der Waals surface area contributed by atoms with E-state index in [1.165, 1.54) is 5.56 Å². The van der Waals surface area contributed by atoms with Gasteiger partial charge in [-0.25, -0.2) is 0 Å². The Hall–Kier alpha value is -0.910. The number of halogens is 1. The highest BCUT2D eigenvalue weighted by molar-refractivity contribution is 9.10. The number of amides is 1. The van der Waals surface area contributed by atoms with Crippen LogP contribution in [0.4, 0.5) is 0 Å². The van der Waals surface area contributed by atoms with Crippen LogP contribution < -0.4 is 10.6 Å². The summed E-state index contributed by atoms with van der Waals surface area (Å²) in [6.07, 6.45) is 2.20. The van der Waals surface area contributed by atoms with Crippen LogP contribution in [0.2, 0.25) is 0 Å². The molecule has 1 aromatic carbocycles. The Labute approximate surface area is 129 Å². The van der Waals surface area contributed by atoms with E-state index in [2.05, 4.69) is 49.7 Å². The molecular weight excluding hydrogens is 318 g/mol. The second-order valence-electron chi connectivity index (χ2n) is 5.20. The highest BCUT2D eigenvalue weighted by atomic mass is 79.9. The van der Waals surface area contributed by atoms with E-state index in [-0.39, 0.29) is 5.91 Å². The number of nitrogens with one attached hydrogen (secondary N) is 2. The summed E-state index contributed by atoms with van der Waals surface area (Å²) in [5, 5.41) is 6.28. The van der Waals surface area contributed by atoms with Crippen molar-refractivity contribution in [3.63, 3.8) is 0 Å². The molecule has 5 heteroatoms. The molecule has 0 radical (unpaired) electrons. The molecule has 0 unspecified atom stereocenters. The van der Waals surface area contributed by atoms with Gasteiger partial charge in [-0.05, 0) is 24.5 Å². The average molecular weight is 340 g/mol. The van der Waals surface area contributed by atoms with Gasteiger partial charge >= 0.3 is 0 Å². The van der Waals surface area contributed by atoms with Gasteiger partial charge in [0.2, 0.25) is 5.91 Å². The quantitative estimate of drug-likeness (QED) is 0.858. The fraction of sp³-hybridized carbons (Fsp3) is 0.533. The molecule has 110 valence electrons. The van der Waals surface area contributed by atoms with Crippen LogP contribution in [0.3, 0.4) is 0 Å². The number of likely N-dealkylation sites (N-methyl/N-ethyl adjacent to an activating group) is 1. The number of piperidine rings is 1. The highest BCUT2D eigenvalue weighted by Gasteiger charge is 2.20. The predicted octanol–water partition coefficient (Wildman–Crippen LogP) is 1.75. The molecule has 2 N–H and O–H groups in total. The van der Waals surface area contributed by atoms with Gasteiger partial charge in [0.1, 0.15) is 0 Å². The Balaban J connectivity index is 1.72. The first-order chi connectivity index (χ1) is 9.69. The molecule has 0 aromatic heterocycles. The summed E-state index contributed by atoms with van der Waals surface area (Å²) in [4.78, 5) is 13.6. The molecule has 1 saturated heterocycles. The van der Waals surface area contributed by atoms with Gasteiger partial charge in [-0.2, -0.15) is 0 Å². The first-order valence-corrected chi connectivity index (χ1v) is 7.88. The number of likely N-dealkylation sites (tertiary alicyclic amines) is 1. The second-order valence-corrected chi connectivity index (χ2v) is 6.05. The fourth-order valence-electron chi connectivity index (χ4n) is 2.47. The highest BCUT2D eigenvalue weighted by Crippen LogP contribution is 2.17. The number of hydrogen-bond donors (Lipinski definition) is 2. The van der Waals surface area contributed by atoms with Crippen molar-refractivity contribution in [1.29, 1.82) is 0 Å². The Morgan fingerprint density at radius 2 is 2.05 bits per heavy atom. The predicted molar refractivity (Wildman–Crippen MR) is 84.5 cm³/mol. The summed E-state index contributed by atoms with van der Waals surface area (Å²) in [6, 6.07) is 8.85. The van der Waals surface area contributed by atoms with Gasteiger partial charge in [0.25, 0.3) is 0 Å². The first kappa shape index (κ1) is 15.5. The summed E-state index contributed by atoms with van der Waals surface area (Å²) in [6.45, 7) is 3.39. The van der Waals surface area contributed by atoms with E-state index >= 15 is 0 Å². The Kier molecular flexibility index (Phi) is 6.01. The normalized spacial score (nSPS) is 17.1. The third kappa shape index (κ3) is 4.58. The largest absolute Gasteiger partial charge is 0.358 e. The third-order valence-electron chi connectivity index (χ3n) is 3.77. The molecule has 2 rings (SSSR count). The van der Waals surface area contributed by atoms with Crippen molar-refractivity contribution in [2.45, 2.75) is 25.4 Å². The van der Waals surface area contributed by atoms with E-state index in [4.69, 9.17) is 0 Å². The summed E-state index contributed by atoms with van der Waals surface area (Å²) >= 11 is 3.57. The maximum atomic E-state index is 11.3. The van der Waals surface area contributed by atoms with E-state index in [0.717, 1.165) is 36.9 Å². The molecule has 0 bridgehead atoms. The molecular formula is C15H22BrN3O. The standard InChI is InChI=1S/C15H22BrN3O/c1-17-15(20)11-19-8-6-13(7-9-19)18-10-12-4-2-3-5-14(12)16/h2-5,13,18H,6-11H2,1H3,(H,17,20). The van der Waals surface area contributed by atoms with Crippen LogP contribution in [0.5, 0.6) is 0 Å². The molecule has 1 aliphatic rings. The van der Waals surface area contributed by atoms with E-state index in [1.54, 1.807) is 7.05 Å². The minimum atomic E-state index is 0.102. The van der Waals surface area contributed by atoms with Gasteiger partial charge in [0.05, 0.1) is 6.54 Å². The Morgan fingerprint density at radius 3 is 2.70 bits per heavy atom. The van der Waals surface area contributed by atoms with Crippen LogP contribution >= 0.6 is 15.9 Å². The van der Waals surface area contributed by atoms with Crippen LogP contribution in [0.15, 0.2) is 28.7 Å². The van der Waals surface area contributed by atoms with Gasteiger partial charge in [-0.1, -0.05) is 34.1 Å². The molecule has 1 amide bonds. The monoisotopic (exact) mass is 339 g/mol. The first-order valence-electron chi connectivity index (χ1n) is 7.08. The lowest BCUT2D eigenvalue weighted by molar-refractivity contribution is -0.122. The van der Waals surface area contributed by atoms with Gasteiger partial charge in [-0.3, -0.25) is 9.69 Å². The van der Waals surface area contributed by atoms with Crippen molar-refractivity contribution in [1.82, 2.24) is 15.5 Å². The molecule has 1 aromatic rings. The number of rotatable bonds is 5. The van der Waals surface area contributed by atoms with Crippen LogP contribution in [0, 0.1) is 0 Å². The van der Waals surface area contributed by atoms with Gasteiger partial charge in [0, 0.05) is 37.2 Å². The molecule has 4 nitrogen and oxygen atoms in total. The van der Waals surface area contributed by atoms with Crippen molar-refractivity contribution >= 4 is 21.8 Å². The molecule has 20 heavy (non-hydrogen) atoms. The molecule has 0 spiro atoms. The summed E-state index contributed by atoms with van der Waals surface area (Å²) < 4.78 is 1.16. The summed E-state index contributed by atoms with van der Waals surface area (Å²) in [5.41, 5.74) is 1.29. The number of nitrogens with zero attached hydrogens (tertiary/aromatic N) is 1. The molecule has 1 aliphatic heterocycles. The van der Waals surface area contributed by atoms with E-state index in [0.29, 0.717) is 12.6 Å². The van der Waals surface area contributed by atoms with Crippen LogP contribution in [0.25, 0.3) is 0 Å².